The molecule has 18 heavy (non-hydrogen) atoms. The van der Waals surface area contributed by atoms with Crippen molar-refractivity contribution in [2.45, 2.75) is 6.54 Å². The number of nitrogens with two attached hydrogens (primary N) is 1. The second-order valence-corrected chi connectivity index (χ2v) is 3.89. The van der Waals surface area contributed by atoms with Crippen molar-refractivity contribution in [1.82, 2.24) is 4.98 Å². The van der Waals surface area contributed by atoms with E-state index in [0.29, 0.717) is 28.1 Å². The third-order valence-electron chi connectivity index (χ3n) is 2.80. The van der Waals surface area contributed by atoms with Crippen LogP contribution in [0.2, 0.25) is 0 Å². The van der Waals surface area contributed by atoms with Crippen LogP contribution in [-0.4, -0.2) is 22.9 Å². The van der Waals surface area contributed by atoms with Crippen molar-refractivity contribution >= 4 is 16.9 Å². The molecule has 0 atom stereocenters. The Balaban J connectivity index is 2.34. The molecule has 0 bridgehead atoms. The highest BCUT2D eigenvalue weighted by Gasteiger charge is 2.19. The second-order valence-electron chi connectivity index (χ2n) is 3.89. The maximum absolute atomic E-state index is 11.2. The molecule has 0 fully saturated rings. The fourth-order valence-electron chi connectivity index (χ4n) is 1.95. The molecule has 2 aromatic rings. The maximum atomic E-state index is 11.2. The van der Waals surface area contributed by atoms with Crippen LogP contribution in [0.25, 0.3) is 10.9 Å². The molecule has 3 N–H and O–H groups in total. The van der Waals surface area contributed by atoms with Gasteiger partial charge in [-0.25, -0.2) is 4.79 Å². The van der Waals surface area contributed by atoms with Crippen LogP contribution in [0, 0.1) is 0 Å². The zero-order valence-corrected chi connectivity index (χ0v) is 9.34. The van der Waals surface area contributed by atoms with Gasteiger partial charge in [0, 0.05) is 18.0 Å². The Morgan fingerprint density at radius 1 is 1.33 bits per heavy atom. The van der Waals surface area contributed by atoms with E-state index in [9.17, 15) is 9.90 Å². The summed E-state index contributed by atoms with van der Waals surface area (Å²) >= 11 is 0. The Morgan fingerprint density at radius 3 is 2.72 bits per heavy atom. The molecule has 0 unspecified atom stereocenters. The first-order valence-electron chi connectivity index (χ1n) is 5.35. The van der Waals surface area contributed by atoms with Crippen molar-refractivity contribution in [3.05, 3.63) is 29.5 Å². The average molecular weight is 246 g/mol. The van der Waals surface area contributed by atoms with Gasteiger partial charge in [-0.2, -0.15) is 0 Å². The molecule has 6 heteroatoms. The summed E-state index contributed by atoms with van der Waals surface area (Å²) in [5.74, 6) is 0.0868. The number of carbonyl (C=O) groups is 1. The number of ether oxygens (including phenoxy) is 2. The van der Waals surface area contributed by atoms with Gasteiger partial charge in [0.2, 0.25) is 6.79 Å². The molecule has 6 nitrogen and oxygen atoms in total. The largest absolute Gasteiger partial charge is 0.478 e. The minimum Gasteiger partial charge on any atom is -0.478 e. The monoisotopic (exact) mass is 246 g/mol. The van der Waals surface area contributed by atoms with Gasteiger partial charge in [-0.1, -0.05) is 0 Å². The zero-order valence-electron chi connectivity index (χ0n) is 9.34. The first-order chi connectivity index (χ1) is 8.69. The van der Waals surface area contributed by atoms with Crippen molar-refractivity contribution in [3.63, 3.8) is 0 Å². The van der Waals surface area contributed by atoms with E-state index in [1.54, 1.807) is 12.1 Å². The maximum Gasteiger partial charge on any atom is 0.336 e. The van der Waals surface area contributed by atoms with Crippen LogP contribution in [0.5, 0.6) is 11.5 Å². The smallest absolute Gasteiger partial charge is 0.336 e. The predicted octanol–water partition coefficient (Wildman–Crippen LogP) is 1.12. The Labute approximate surface area is 102 Å². The fourth-order valence-corrected chi connectivity index (χ4v) is 1.95. The molecule has 2 heterocycles. The highest BCUT2D eigenvalue weighted by Crippen LogP contribution is 2.36. The average Bonchev–Trinajstić information content (AvgIpc) is 2.81. The summed E-state index contributed by atoms with van der Waals surface area (Å²) in [4.78, 5) is 15.5. The van der Waals surface area contributed by atoms with Crippen LogP contribution in [-0.2, 0) is 6.54 Å². The van der Waals surface area contributed by atoms with Crippen LogP contribution in [0.15, 0.2) is 18.2 Å². The molecule has 0 saturated heterocycles. The van der Waals surface area contributed by atoms with E-state index in [-0.39, 0.29) is 18.9 Å². The number of aromatic nitrogens is 1. The third-order valence-corrected chi connectivity index (χ3v) is 2.80. The number of nitrogens with zero attached hydrogens (tertiary/aromatic N) is 1. The zero-order chi connectivity index (χ0) is 12.7. The van der Waals surface area contributed by atoms with Crippen molar-refractivity contribution in [1.29, 1.82) is 0 Å². The van der Waals surface area contributed by atoms with E-state index in [1.165, 1.54) is 6.07 Å². The summed E-state index contributed by atoms with van der Waals surface area (Å²) in [6.45, 7) is 0.322. The van der Waals surface area contributed by atoms with Crippen LogP contribution < -0.4 is 15.2 Å². The quantitative estimate of drug-likeness (QED) is 0.824. The van der Waals surface area contributed by atoms with E-state index in [0.717, 1.165) is 0 Å². The Hall–Kier alpha value is -2.34. The third kappa shape index (κ3) is 1.54. The summed E-state index contributed by atoms with van der Waals surface area (Å²) in [5.41, 5.74) is 6.74. The van der Waals surface area contributed by atoms with E-state index in [4.69, 9.17) is 15.2 Å². The summed E-state index contributed by atoms with van der Waals surface area (Å²) in [7, 11) is 0. The highest BCUT2D eigenvalue weighted by molar-refractivity contribution is 6.03. The molecule has 1 aliphatic heterocycles. The standard InChI is InChI=1S/C12H10N2O4/c13-4-6-1-8(12(15)16)7-2-10-11(18-5-17-10)3-9(7)14-6/h1-3H,4-5,13H2,(H,15,16). The van der Waals surface area contributed by atoms with Gasteiger partial charge in [-0.05, 0) is 12.1 Å². The van der Waals surface area contributed by atoms with Gasteiger partial charge in [-0.15, -0.1) is 0 Å². The van der Waals surface area contributed by atoms with Crippen molar-refractivity contribution < 1.29 is 19.4 Å². The Bertz CT molecular complexity index is 654. The van der Waals surface area contributed by atoms with E-state index in [2.05, 4.69) is 4.98 Å². The molecule has 0 aliphatic carbocycles. The summed E-state index contributed by atoms with van der Waals surface area (Å²) in [6, 6.07) is 4.78. The van der Waals surface area contributed by atoms with Crippen LogP contribution >= 0.6 is 0 Å². The lowest BCUT2D eigenvalue weighted by Gasteiger charge is -2.06. The van der Waals surface area contributed by atoms with E-state index >= 15 is 0 Å². The lowest BCUT2D eigenvalue weighted by atomic mass is 10.1. The number of carboxylic acids is 1. The normalized spacial score (nSPS) is 12.9. The van der Waals surface area contributed by atoms with Crippen molar-refractivity contribution in [2.75, 3.05) is 6.79 Å². The Morgan fingerprint density at radius 2 is 2.06 bits per heavy atom. The first kappa shape index (κ1) is 10.8. The second kappa shape index (κ2) is 3.85. The summed E-state index contributed by atoms with van der Waals surface area (Å²) < 4.78 is 10.5. The Kier molecular flexibility index (Phi) is 2.31. The molecular formula is C12H10N2O4. The lowest BCUT2D eigenvalue weighted by molar-refractivity contribution is 0.0699. The van der Waals surface area contributed by atoms with Crippen LogP contribution in [0.1, 0.15) is 16.1 Å². The van der Waals surface area contributed by atoms with Crippen LogP contribution in [0.3, 0.4) is 0 Å². The minimum atomic E-state index is -1.02. The number of fused-ring (bicyclic) bond motifs is 2. The SMILES string of the molecule is NCc1cc(C(=O)O)c2cc3c(cc2n1)OCO3. The molecule has 1 aromatic heterocycles. The van der Waals surface area contributed by atoms with Gasteiger partial charge in [0.25, 0.3) is 0 Å². The van der Waals surface area contributed by atoms with Crippen molar-refractivity contribution in [2.24, 2.45) is 5.73 Å². The van der Waals surface area contributed by atoms with Gasteiger partial charge in [0.15, 0.2) is 11.5 Å². The molecule has 1 aromatic carbocycles. The lowest BCUT2D eigenvalue weighted by Crippen LogP contribution is -2.05. The van der Waals surface area contributed by atoms with Gasteiger partial charge < -0.3 is 20.3 Å². The first-order valence-corrected chi connectivity index (χ1v) is 5.35. The summed E-state index contributed by atoms with van der Waals surface area (Å²) in [5, 5.41) is 9.73. The molecule has 92 valence electrons. The van der Waals surface area contributed by atoms with Crippen LogP contribution in [0.4, 0.5) is 0 Å². The van der Waals surface area contributed by atoms with Gasteiger partial charge >= 0.3 is 5.97 Å². The number of hydrogen-bond acceptors (Lipinski definition) is 5. The number of hydrogen-bond donors (Lipinski definition) is 2. The van der Waals surface area contributed by atoms with Gasteiger partial charge in [0.05, 0.1) is 16.8 Å². The number of carboxylic acid groups (broad SMARTS) is 1. The predicted molar refractivity (Wildman–Crippen MR) is 62.7 cm³/mol. The van der Waals surface area contributed by atoms with E-state index < -0.39 is 5.97 Å². The number of aromatic carboxylic acids is 1. The molecule has 0 saturated carbocycles. The molecule has 3 rings (SSSR count). The number of rotatable bonds is 2. The molecule has 0 amide bonds. The summed E-state index contributed by atoms with van der Waals surface area (Å²) in [6.07, 6.45) is 0. The molecular weight excluding hydrogens is 236 g/mol. The van der Waals surface area contributed by atoms with Gasteiger partial charge in [0.1, 0.15) is 0 Å². The topological polar surface area (TPSA) is 94.7 Å². The molecule has 0 radical (unpaired) electrons. The molecule has 1 aliphatic rings. The fraction of sp³-hybridized carbons (Fsp3) is 0.167. The molecule has 0 spiro atoms. The number of pyridine rings is 1. The van der Waals surface area contributed by atoms with E-state index in [1.807, 2.05) is 0 Å². The van der Waals surface area contributed by atoms with Crippen molar-refractivity contribution in [3.8, 4) is 11.5 Å². The minimum absolute atomic E-state index is 0.137. The number of benzene rings is 1. The highest BCUT2D eigenvalue weighted by atomic mass is 16.7. The van der Waals surface area contributed by atoms with Gasteiger partial charge in [-0.3, -0.25) is 4.98 Å².